The summed E-state index contributed by atoms with van der Waals surface area (Å²) >= 11 is 0. The van der Waals surface area contributed by atoms with Gasteiger partial charge in [0.15, 0.2) is 0 Å². The second kappa shape index (κ2) is 10.9. The van der Waals surface area contributed by atoms with Crippen molar-refractivity contribution in [2.45, 2.75) is 44.1 Å². The third-order valence-electron chi connectivity index (χ3n) is 7.17. The number of carboxylic acids is 1. The standard InChI is InChI=1S/C27H32N2O6/c1-34-23(25(32)29-17-27(12-6-13-27)15-24(30)31)11-14-28-26(33)35-16-22-20-9-4-2-7-18(20)19-8-3-5-10-21(19)22/h2-5,7-10,22-23H,6,11-17H2,1H3,(H,28,33)(H,29,32)(H,30,31). The van der Waals surface area contributed by atoms with E-state index in [4.69, 9.17) is 14.6 Å². The molecule has 3 N–H and O–H groups in total. The van der Waals surface area contributed by atoms with Gasteiger partial charge in [0.05, 0.1) is 6.42 Å². The van der Waals surface area contributed by atoms with E-state index in [1.165, 1.54) is 7.11 Å². The second-order valence-corrected chi connectivity index (χ2v) is 9.41. The van der Waals surface area contributed by atoms with E-state index in [0.717, 1.165) is 41.5 Å². The lowest BCUT2D eigenvalue weighted by Crippen LogP contribution is -2.47. The zero-order valence-corrected chi connectivity index (χ0v) is 19.9. The summed E-state index contributed by atoms with van der Waals surface area (Å²) in [6, 6.07) is 16.3. The molecule has 8 heteroatoms. The fourth-order valence-corrected chi connectivity index (χ4v) is 5.11. The van der Waals surface area contributed by atoms with Crippen LogP contribution in [0.1, 0.15) is 49.1 Å². The predicted molar refractivity (Wildman–Crippen MR) is 130 cm³/mol. The molecule has 1 unspecified atom stereocenters. The van der Waals surface area contributed by atoms with Crippen molar-refractivity contribution in [2.24, 2.45) is 5.41 Å². The molecule has 2 aromatic carbocycles. The largest absolute Gasteiger partial charge is 0.481 e. The van der Waals surface area contributed by atoms with Crippen molar-refractivity contribution in [3.8, 4) is 11.1 Å². The summed E-state index contributed by atoms with van der Waals surface area (Å²) in [6.07, 6.45) is 1.59. The molecule has 0 radical (unpaired) electrons. The highest BCUT2D eigenvalue weighted by atomic mass is 16.5. The molecule has 0 aromatic heterocycles. The zero-order valence-electron chi connectivity index (χ0n) is 19.9. The maximum Gasteiger partial charge on any atom is 0.407 e. The molecule has 2 aromatic rings. The lowest BCUT2D eigenvalue weighted by molar-refractivity contribution is -0.142. The van der Waals surface area contributed by atoms with Gasteiger partial charge in [-0.15, -0.1) is 0 Å². The van der Waals surface area contributed by atoms with Crippen LogP contribution < -0.4 is 10.6 Å². The summed E-state index contributed by atoms with van der Waals surface area (Å²) in [4.78, 5) is 36.0. The number of amides is 2. The van der Waals surface area contributed by atoms with Gasteiger partial charge in [0.25, 0.3) is 0 Å². The van der Waals surface area contributed by atoms with Crippen LogP contribution in [-0.4, -0.2) is 56.0 Å². The Kier molecular flexibility index (Phi) is 7.70. The molecule has 0 heterocycles. The molecule has 1 saturated carbocycles. The number of carbonyl (C=O) groups excluding carboxylic acids is 2. The molecule has 0 saturated heterocycles. The highest BCUT2D eigenvalue weighted by Gasteiger charge is 2.39. The molecule has 35 heavy (non-hydrogen) atoms. The van der Waals surface area contributed by atoms with Crippen LogP contribution in [0.25, 0.3) is 11.1 Å². The van der Waals surface area contributed by atoms with Gasteiger partial charge in [0, 0.05) is 32.5 Å². The number of benzene rings is 2. The first-order chi connectivity index (χ1) is 16.9. The van der Waals surface area contributed by atoms with Crippen molar-refractivity contribution in [1.82, 2.24) is 10.6 Å². The van der Waals surface area contributed by atoms with E-state index in [-0.39, 0.29) is 43.2 Å². The van der Waals surface area contributed by atoms with E-state index in [0.29, 0.717) is 6.54 Å². The average Bonchev–Trinajstić information content (AvgIpc) is 3.15. The van der Waals surface area contributed by atoms with Gasteiger partial charge in [-0.25, -0.2) is 4.79 Å². The molecular formula is C27H32N2O6. The summed E-state index contributed by atoms with van der Waals surface area (Å²) in [5, 5.41) is 14.6. The molecule has 1 fully saturated rings. The molecule has 0 spiro atoms. The SMILES string of the molecule is COC(CCNC(=O)OCC1c2ccccc2-c2ccccc21)C(=O)NCC1(CC(=O)O)CCC1. The first-order valence-corrected chi connectivity index (χ1v) is 12.0. The number of hydrogen-bond acceptors (Lipinski definition) is 5. The molecule has 1 atom stereocenters. The van der Waals surface area contributed by atoms with Gasteiger partial charge < -0.3 is 25.2 Å². The summed E-state index contributed by atoms with van der Waals surface area (Å²) in [5.74, 6) is -1.18. The topological polar surface area (TPSA) is 114 Å². The number of aliphatic carboxylic acids is 1. The third kappa shape index (κ3) is 5.65. The minimum absolute atomic E-state index is 0.0183. The molecule has 2 aliphatic carbocycles. The third-order valence-corrected chi connectivity index (χ3v) is 7.17. The Balaban J connectivity index is 1.22. The highest BCUT2D eigenvalue weighted by molar-refractivity contribution is 5.81. The Hall–Kier alpha value is -3.39. The minimum Gasteiger partial charge on any atom is -0.481 e. The number of rotatable bonds is 11. The van der Waals surface area contributed by atoms with Gasteiger partial charge >= 0.3 is 12.1 Å². The van der Waals surface area contributed by atoms with Crippen LogP contribution in [0.4, 0.5) is 4.79 Å². The first-order valence-electron chi connectivity index (χ1n) is 12.0. The van der Waals surface area contributed by atoms with Crippen molar-refractivity contribution in [3.63, 3.8) is 0 Å². The molecule has 4 rings (SSSR count). The molecular weight excluding hydrogens is 448 g/mol. The predicted octanol–water partition coefficient (Wildman–Crippen LogP) is 3.69. The maximum absolute atomic E-state index is 12.5. The number of carbonyl (C=O) groups is 3. The molecule has 0 aliphatic heterocycles. The quantitative estimate of drug-likeness (QED) is 0.452. The van der Waals surface area contributed by atoms with Crippen LogP contribution in [0.3, 0.4) is 0 Å². The van der Waals surface area contributed by atoms with E-state index in [1.54, 1.807) is 0 Å². The number of hydrogen-bond donors (Lipinski definition) is 3. The minimum atomic E-state index is -0.852. The van der Waals surface area contributed by atoms with Crippen molar-refractivity contribution >= 4 is 18.0 Å². The molecule has 2 amide bonds. The molecule has 2 aliphatic rings. The normalized spacial score (nSPS) is 16.4. The van der Waals surface area contributed by atoms with Crippen LogP contribution in [-0.2, 0) is 19.1 Å². The fourth-order valence-electron chi connectivity index (χ4n) is 5.11. The van der Waals surface area contributed by atoms with E-state index in [2.05, 4.69) is 34.9 Å². The van der Waals surface area contributed by atoms with Gasteiger partial charge in [-0.05, 0) is 40.5 Å². The van der Waals surface area contributed by atoms with Gasteiger partial charge in [-0.1, -0.05) is 55.0 Å². The van der Waals surface area contributed by atoms with Crippen LogP contribution in [0, 0.1) is 5.41 Å². The smallest absolute Gasteiger partial charge is 0.407 e. The Bertz CT molecular complexity index is 1040. The lowest BCUT2D eigenvalue weighted by atomic mass is 9.66. The van der Waals surface area contributed by atoms with E-state index < -0.39 is 18.2 Å². The van der Waals surface area contributed by atoms with Gasteiger partial charge in [-0.3, -0.25) is 9.59 Å². The molecule has 0 bridgehead atoms. The monoisotopic (exact) mass is 480 g/mol. The number of nitrogens with one attached hydrogen (secondary N) is 2. The first kappa shape index (κ1) is 24.7. The Labute approximate surface area is 205 Å². The van der Waals surface area contributed by atoms with E-state index in [9.17, 15) is 14.4 Å². The number of methoxy groups -OCH3 is 1. The summed E-state index contributed by atoms with van der Waals surface area (Å²) < 4.78 is 10.8. The Morgan fingerprint density at radius 2 is 1.66 bits per heavy atom. The highest BCUT2D eigenvalue weighted by Crippen LogP contribution is 2.45. The van der Waals surface area contributed by atoms with Gasteiger partial charge in [-0.2, -0.15) is 0 Å². The van der Waals surface area contributed by atoms with Crippen molar-refractivity contribution in [2.75, 3.05) is 26.8 Å². The van der Waals surface area contributed by atoms with Crippen molar-refractivity contribution in [1.29, 1.82) is 0 Å². The van der Waals surface area contributed by atoms with Gasteiger partial charge in [0.1, 0.15) is 12.7 Å². The maximum atomic E-state index is 12.5. The zero-order chi connectivity index (χ0) is 24.8. The number of alkyl carbamates (subject to hydrolysis) is 1. The summed E-state index contributed by atoms with van der Waals surface area (Å²) in [7, 11) is 1.44. The average molecular weight is 481 g/mol. The lowest BCUT2D eigenvalue weighted by Gasteiger charge is -2.41. The Morgan fingerprint density at radius 1 is 1.03 bits per heavy atom. The molecule has 186 valence electrons. The van der Waals surface area contributed by atoms with E-state index >= 15 is 0 Å². The number of fused-ring (bicyclic) bond motifs is 3. The number of ether oxygens (including phenoxy) is 2. The van der Waals surface area contributed by atoms with Crippen LogP contribution in [0.5, 0.6) is 0 Å². The van der Waals surface area contributed by atoms with Crippen LogP contribution >= 0.6 is 0 Å². The van der Waals surface area contributed by atoms with E-state index in [1.807, 2.05) is 24.3 Å². The second-order valence-electron chi connectivity index (χ2n) is 9.41. The van der Waals surface area contributed by atoms with Crippen molar-refractivity contribution < 1.29 is 29.0 Å². The van der Waals surface area contributed by atoms with Crippen LogP contribution in [0.15, 0.2) is 48.5 Å². The van der Waals surface area contributed by atoms with Gasteiger partial charge in [0.2, 0.25) is 5.91 Å². The molecule has 8 nitrogen and oxygen atoms in total. The van der Waals surface area contributed by atoms with Crippen molar-refractivity contribution in [3.05, 3.63) is 59.7 Å². The number of carboxylic acid groups (broad SMARTS) is 1. The Morgan fingerprint density at radius 3 is 2.20 bits per heavy atom. The summed E-state index contributed by atoms with van der Waals surface area (Å²) in [6.45, 7) is 0.750. The fraction of sp³-hybridized carbons (Fsp3) is 0.444. The van der Waals surface area contributed by atoms with Crippen LogP contribution in [0.2, 0.25) is 0 Å². The summed E-state index contributed by atoms with van der Waals surface area (Å²) in [5.41, 5.74) is 4.25.